The van der Waals surface area contributed by atoms with Gasteiger partial charge >= 0.3 is 0 Å². The van der Waals surface area contributed by atoms with Gasteiger partial charge in [0.15, 0.2) is 5.69 Å². The number of nitro benzene ring substituents is 1. The standard InChI is InChI=1S/C28H30N6O6S/c1-5-19(3)32-41(38,39)25-15-23(34(36)37)12-13-24(25)40-28-20(4)26(27(35)30-17-21-7-6-14-29-16-21)31-33(28)22-10-8-18(2)9-11-22/h6-16,19,32H,5,17H2,1-4H3,(H,30,35)/t19-/m1/s1. The van der Waals surface area contributed by atoms with E-state index in [9.17, 15) is 23.3 Å². The van der Waals surface area contributed by atoms with E-state index < -0.39 is 37.5 Å². The molecule has 0 spiro atoms. The van der Waals surface area contributed by atoms with Crippen LogP contribution < -0.4 is 14.8 Å². The Morgan fingerprint density at radius 1 is 1.15 bits per heavy atom. The van der Waals surface area contributed by atoms with Crippen LogP contribution in [0.15, 0.2) is 71.9 Å². The lowest BCUT2D eigenvalue weighted by Gasteiger charge is -2.16. The van der Waals surface area contributed by atoms with Crippen molar-refractivity contribution >= 4 is 21.6 Å². The van der Waals surface area contributed by atoms with Gasteiger partial charge < -0.3 is 10.1 Å². The van der Waals surface area contributed by atoms with Crippen LogP contribution >= 0.6 is 0 Å². The summed E-state index contributed by atoms with van der Waals surface area (Å²) in [7, 11) is -4.22. The number of benzene rings is 2. The molecule has 0 fully saturated rings. The Morgan fingerprint density at radius 3 is 2.51 bits per heavy atom. The highest BCUT2D eigenvalue weighted by molar-refractivity contribution is 7.89. The summed E-state index contributed by atoms with van der Waals surface area (Å²) in [4.78, 5) is 27.6. The summed E-state index contributed by atoms with van der Waals surface area (Å²) in [6, 6.07) is 13.8. The predicted octanol–water partition coefficient (Wildman–Crippen LogP) is 4.59. The number of amides is 1. The van der Waals surface area contributed by atoms with Gasteiger partial charge in [-0.2, -0.15) is 9.78 Å². The number of carbonyl (C=O) groups is 1. The van der Waals surface area contributed by atoms with Gasteiger partial charge in [0.1, 0.15) is 10.6 Å². The van der Waals surface area contributed by atoms with Crippen molar-refractivity contribution in [3.63, 3.8) is 0 Å². The van der Waals surface area contributed by atoms with Gasteiger partial charge in [0.2, 0.25) is 15.9 Å². The van der Waals surface area contributed by atoms with Gasteiger partial charge in [0, 0.05) is 42.7 Å². The fraction of sp³-hybridized carbons (Fsp3) is 0.250. The Morgan fingerprint density at radius 2 is 1.88 bits per heavy atom. The van der Waals surface area contributed by atoms with E-state index in [0.717, 1.165) is 23.3 Å². The smallest absolute Gasteiger partial charge is 0.272 e. The second kappa shape index (κ2) is 12.3. The molecular formula is C28H30N6O6S. The third-order valence-electron chi connectivity index (χ3n) is 6.34. The number of ether oxygens (including phenoxy) is 1. The first-order chi connectivity index (χ1) is 19.5. The third-order valence-corrected chi connectivity index (χ3v) is 7.95. The van der Waals surface area contributed by atoms with Gasteiger partial charge in [0.25, 0.3) is 11.6 Å². The van der Waals surface area contributed by atoms with Crippen LogP contribution in [0.25, 0.3) is 5.69 Å². The minimum absolute atomic E-state index is 0.0634. The number of nitrogens with one attached hydrogen (secondary N) is 2. The molecule has 0 aliphatic heterocycles. The van der Waals surface area contributed by atoms with Crippen LogP contribution in [0.5, 0.6) is 11.6 Å². The van der Waals surface area contributed by atoms with Crippen molar-refractivity contribution in [2.45, 2.75) is 51.6 Å². The maximum absolute atomic E-state index is 13.3. The number of nitro groups is 1. The second-order valence-corrected chi connectivity index (χ2v) is 11.2. The molecule has 12 nitrogen and oxygen atoms in total. The first-order valence-electron chi connectivity index (χ1n) is 12.8. The molecule has 2 N–H and O–H groups in total. The fourth-order valence-corrected chi connectivity index (χ4v) is 5.34. The Labute approximate surface area is 237 Å². The van der Waals surface area contributed by atoms with Gasteiger partial charge in [-0.3, -0.25) is 19.9 Å². The molecule has 2 heterocycles. The number of carbonyl (C=O) groups excluding carboxylic acids is 1. The van der Waals surface area contributed by atoms with Crippen molar-refractivity contribution in [1.82, 2.24) is 24.8 Å². The summed E-state index contributed by atoms with van der Waals surface area (Å²) in [5.41, 5.74) is 2.33. The lowest BCUT2D eigenvalue weighted by atomic mass is 10.2. The molecule has 0 aliphatic rings. The number of aryl methyl sites for hydroxylation is 1. The molecule has 41 heavy (non-hydrogen) atoms. The molecule has 1 amide bonds. The van der Waals surface area contributed by atoms with E-state index in [0.29, 0.717) is 17.7 Å². The van der Waals surface area contributed by atoms with Crippen molar-refractivity contribution in [1.29, 1.82) is 0 Å². The largest absolute Gasteiger partial charge is 0.437 e. The molecule has 0 radical (unpaired) electrons. The monoisotopic (exact) mass is 578 g/mol. The fourth-order valence-electron chi connectivity index (χ4n) is 3.87. The van der Waals surface area contributed by atoms with Crippen LogP contribution in [0, 0.1) is 24.0 Å². The van der Waals surface area contributed by atoms with Crippen LogP contribution in [0.3, 0.4) is 0 Å². The van der Waals surface area contributed by atoms with Crippen molar-refractivity contribution < 1.29 is 22.9 Å². The molecule has 4 aromatic rings. The lowest BCUT2D eigenvalue weighted by Crippen LogP contribution is -2.32. The number of hydrogen-bond acceptors (Lipinski definition) is 8. The van der Waals surface area contributed by atoms with Crippen LogP contribution in [-0.2, 0) is 16.6 Å². The molecule has 2 aromatic carbocycles. The molecule has 4 rings (SSSR count). The second-order valence-electron chi connectivity index (χ2n) is 9.49. The Hall–Kier alpha value is -4.62. The number of nitrogens with zero attached hydrogens (tertiary/aromatic N) is 4. The number of rotatable bonds is 11. The van der Waals surface area contributed by atoms with Gasteiger partial charge in [-0.25, -0.2) is 13.1 Å². The van der Waals surface area contributed by atoms with Gasteiger partial charge in [-0.05, 0) is 57.0 Å². The highest BCUT2D eigenvalue weighted by Gasteiger charge is 2.28. The summed E-state index contributed by atoms with van der Waals surface area (Å²) < 4.78 is 36.7. The molecule has 13 heteroatoms. The van der Waals surface area contributed by atoms with Crippen LogP contribution in [0.2, 0.25) is 0 Å². The normalized spacial score (nSPS) is 12.1. The number of pyridine rings is 1. The number of aromatic nitrogens is 3. The van der Waals surface area contributed by atoms with Crippen LogP contribution in [0.1, 0.15) is 47.4 Å². The predicted molar refractivity (Wildman–Crippen MR) is 152 cm³/mol. The highest BCUT2D eigenvalue weighted by Crippen LogP contribution is 2.36. The summed E-state index contributed by atoms with van der Waals surface area (Å²) >= 11 is 0. The molecular weight excluding hydrogens is 548 g/mol. The van der Waals surface area contributed by atoms with Crippen molar-refractivity contribution in [3.05, 3.63) is 99.5 Å². The first-order valence-corrected chi connectivity index (χ1v) is 14.3. The zero-order valence-electron chi connectivity index (χ0n) is 23.0. The Balaban J connectivity index is 1.80. The van der Waals surface area contributed by atoms with Crippen molar-refractivity contribution in [3.8, 4) is 17.3 Å². The Bertz CT molecular complexity index is 1670. The number of sulfonamides is 1. The van der Waals surface area contributed by atoms with Crippen LogP contribution in [-0.4, -0.2) is 40.1 Å². The van der Waals surface area contributed by atoms with E-state index in [1.807, 2.05) is 32.0 Å². The zero-order chi connectivity index (χ0) is 29.7. The quantitative estimate of drug-likeness (QED) is 0.193. The topological polar surface area (TPSA) is 158 Å². The SMILES string of the molecule is CC[C@@H](C)NS(=O)(=O)c1cc([N+](=O)[O-])ccc1Oc1c(C)c(C(=O)NCc2cccnc2)nn1-c1ccc(C)cc1. The molecule has 0 saturated heterocycles. The summed E-state index contributed by atoms with van der Waals surface area (Å²) in [6.07, 6.45) is 3.77. The van der Waals surface area contributed by atoms with E-state index in [2.05, 4.69) is 20.1 Å². The van der Waals surface area contributed by atoms with Crippen molar-refractivity contribution in [2.75, 3.05) is 0 Å². The van der Waals surface area contributed by atoms with E-state index in [4.69, 9.17) is 4.74 Å². The van der Waals surface area contributed by atoms with Crippen molar-refractivity contribution in [2.24, 2.45) is 0 Å². The van der Waals surface area contributed by atoms with E-state index in [1.165, 1.54) is 10.7 Å². The number of non-ortho nitro benzene ring substituents is 1. The minimum Gasteiger partial charge on any atom is -0.437 e. The maximum Gasteiger partial charge on any atom is 0.272 e. The average molecular weight is 579 g/mol. The molecule has 2 aromatic heterocycles. The molecule has 214 valence electrons. The van der Waals surface area contributed by atoms with Gasteiger partial charge in [-0.1, -0.05) is 30.7 Å². The summed E-state index contributed by atoms with van der Waals surface area (Å²) in [5, 5.41) is 18.8. The molecule has 0 aliphatic carbocycles. The Kier molecular flexibility index (Phi) is 8.79. The zero-order valence-corrected chi connectivity index (χ0v) is 23.8. The van der Waals surface area contributed by atoms with E-state index >= 15 is 0 Å². The molecule has 0 bridgehead atoms. The number of hydrogen-bond donors (Lipinski definition) is 2. The minimum atomic E-state index is -4.22. The molecule has 0 unspecified atom stereocenters. The van der Waals surface area contributed by atoms with Gasteiger partial charge in [0.05, 0.1) is 10.6 Å². The first kappa shape index (κ1) is 29.4. The lowest BCUT2D eigenvalue weighted by molar-refractivity contribution is -0.385. The van der Waals surface area contributed by atoms with E-state index in [-0.39, 0.29) is 23.9 Å². The van der Waals surface area contributed by atoms with Gasteiger partial charge in [-0.15, -0.1) is 0 Å². The highest BCUT2D eigenvalue weighted by atomic mass is 32.2. The summed E-state index contributed by atoms with van der Waals surface area (Å²) in [5.74, 6) is -0.559. The summed E-state index contributed by atoms with van der Waals surface area (Å²) in [6.45, 7) is 7.25. The van der Waals surface area contributed by atoms with E-state index in [1.54, 1.807) is 44.4 Å². The van der Waals surface area contributed by atoms with Crippen LogP contribution in [0.4, 0.5) is 5.69 Å². The third kappa shape index (κ3) is 6.76. The maximum atomic E-state index is 13.3. The molecule has 1 atom stereocenters. The average Bonchev–Trinajstić information content (AvgIpc) is 3.28. The molecule has 0 saturated carbocycles.